The minimum Gasteiger partial charge on any atom is -0.309 e. The van der Waals surface area contributed by atoms with Gasteiger partial charge in [0.25, 0.3) is 0 Å². The molecule has 1 aromatic heterocycles. The van der Waals surface area contributed by atoms with Crippen molar-refractivity contribution in [1.82, 2.24) is 4.57 Å². The number of benzene rings is 8. The van der Waals surface area contributed by atoms with Gasteiger partial charge in [-0.3, -0.25) is 4.99 Å². The molecule has 0 saturated heterocycles. The number of aromatic nitrogens is 1. The lowest BCUT2D eigenvalue weighted by Gasteiger charge is -2.15. The first-order valence-electron chi connectivity index (χ1n) is 19.1. The van der Waals surface area contributed by atoms with Crippen molar-refractivity contribution in [2.75, 3.05) is 0 Å². The molecule has 264 valence electrons. The van der Waals surface area contributed by atoms with Crippen molar-refractivity contribution >= 4 is 60.3 Å². The Morgan fingerprint density at radius 3 is 1.87 bits per heavy atom. The van der Waals surface area contributed by atoms with Crippen LogP contribution in [-0.4, -0.2) is 10.3 Å². The van der Waals surface area contributed by atoms with Crippen molar-refractivity contribution in [2.24, 2.45) is 4.99 Å². The lowest BCUT2D eigenvalue weighted by Crippen LogP contribution is -1.98. The van der Waals surface area contributed by atoms with Crippen LogP contribution in [0.1, 0.15) is 41.7 Å². The minimum atomic E-state index is 0.879. The van der Waals surface area contributed by atoms with E-state index in [-0.39, 0.29) is 0 Å². The molecule has 0 aliphatic heterocycles. The van der Waals surface area contributed by atoms with Crippen molar-refractivity contribution in [3.63, 3.8) is 0 Å². The Bertz CT molecular complexity index is 2900. The molecular weight excluding hydrogens is 665 g/mol. The Morgan fingerprint density at radius 1 is 0.582 bits per heavy atom. The summed E-state index contributed by atoms with van der Waals surface area (Å²) in [4.78, 5) is 5.32. The van der Waals surface area contributed by atoms with Crippen LogP contribution in [0.2, 0.25) is 0 Å². The number of aryl methyl sites for hydroxylation is 2. The summed E-state index contributed by atoms with van der Waals surface area (Å²) in [6, 6.07) is 61.1. The molecule has 0 fully saturated rings. The maximum atomic E-state index is 5.32. The molecule has 9 aromatic rings. The highest BCUT2D eigenvalue weighted by atomic mass is 15.0. The Kier molecular flexibility index (Phi) is 8.80. The van der Waals surface area contributed by atoms with E-state index in [9.17, 15) is 0 Å². The molecule has 0 spiro atoms. The maximum Gasteiger partial charge on any atom is 0.0711 e. The SMILES string of the molecule is C=C(/C=C(\N=C(C)c1ccccc1)c1ccc(CC)c(-c2ccccc2C)c1)c1cccc(-n2c3ccc4ccccc4c3c3c4ccccc4ccc32)c1. The van der Waals surface area contributed by atoms with Crippen molar-refractivity contribution in [3.05, 3.63) is 210 Å². The molecule has 0 aliphatic carbocycles. The predicted molar refractivity (Wildman–Crippen MR) is 237 cm³/mol. The van der Waals surface area contributed by atoms with Gasteiger partial charge in [0.15, 0.2) is 0 Å². The summed E-state index contributed by atoms with van der Waals surface area (Å²) in [6.07, 6.45) is 3.10. The van der Waals surface area contributed by atoms with Crippen molar-refractivity contribution in [1.29, 1.82) is 0 Å². The predicted octanol–water partition coefficient (Wildman–Crippen LogP) is 14.2. The van der Waals surface area contributed by atoms with Gasteiger partial charge in [-0.25, -0.2) is 0 Å². The third kappa shape index (κ3) is 6.16. The number of allylic oxidation sites excluding steroid dienone is 2. The monoisotopic (exact) mass is 706 g/mol. The largest absolute Gasteiger partial charge is 0.309 e. The van der Waals surface area contributed by atoms with Crippen LogP contribution in [0.25, 0.3) is 71.4 Å². The molecule has 0 radical (unpaired) electrons. The van der Waals surface area contributed by atoms with E-state index < -0.39 is 0 Å². The third-order valence-electron chi connectivity index (χ3n) is 11.0. The second-order valence-electron chi connectivity index (χ2n) is 14.4. The summed E-state index contributed by atoms with van der Waals surface area (Å²) < 4.78 is 2.42. The highest BCUT2D eigenvalue weighted by molar-refractivity contribution is 6.28. The van der Waals surface area contributed by atoms with Gasteiger partial charge < -0.3 is 4.57 Å². The summed E-state index contributed by atoms with van der Waals surface area (Å²) in [5, 5.41) is 7.57. The first-order valence-corrected chi connectivity index (χ1v) is 19.1. The first kappa shape index (κ1) is 34.0. The topological polar surface area (TPSA) is 17.3 Å². The fraction of sp³-hybridized carbons (Fsp3) is 0.0755. The van der Waals surface area contributed by atoms with E-state index in [4.69, 9.17) is 4.99 Å². The molecule has 55 heavy (non-hydrogen) atoms. The average Bonchev–Trinajstić information content (AvgIpc) is 3.59. The Hall–Kier alpha value is -6.77. The Morgan fingerprint density at radius 2 is 1.20 bits per heavy atom. The van der Waals surface area contributed by atoms with Gasteiger partial charge in [0.2, 0.25) is 0 Å². The molecule has 0 saturated carbocycles. The molecule has 2 nitrogen and oxygen atoms in total. The fourth-order valence-electron chi connectivity index (χ4n) is 8.19. The molecule has 0 aliphatic rings. The van der Waals surface area contributed by atoms with Crippen LogP contribution >= 0.6 is 0 Å². The smallest absolute Gasteiger partial charge is 0.0711 e. The lowest BCUT2D eigenvalue weighted by atomic mass is 9.92. The molecule has 8 aromatic carbocycles. The third-order valence-corrected chi connectivity index (χ3v) is 11.0. The summed E-state index contributed by atoms with van der Waals surface area (Å²) in [6.45, 7) is 11.2. The van der Waals surface area contributed by atoms with Gasteiger partial charge in [-0.05, 0) is 117 Å². The zero-order valence-electron chi connectivity index (χ0n) is 31.6. The number of nitrogens with zero attached hydrogens (tertiary/aromatic N) is 2. The van der Waals surface area contributed by atoms with Crippen LogP contribution in [0.5, 0.6) is 0 Å². The van der Waals surface area contributed by atoms with Crippen LogP contribution < -0.4 is 0 Å². The van der Waals surface area contributed by atoms with Crippen LogP contribution in [0, 0.1) is 6.92 Å². The molecule has 0 bridgehead atoms. The fourth-order valence-corrected chi connectivity index (χ4v) is 8.19. The Labute approximate surface area is 323 Å². The standard InChI is InChI=1S/C53H42N2/c1-5-38-26-27-43(34-48(38)45-23-12-9-16-35(45)2)49(54-37(4)39-17-7-6-8-18-39)32-36(3)42-21-15-22-44(33-42)55-50-30-28-40-19-10-13-24-46(40)52(50)53-47-25-14-11-20-41(47)29-31-51(53)55/h6-34H,3,5H2,1-2,4H3/b49-32-,54-37?. The minimum absolute atomic E-state index is 0.879. The summed E-state index contributed by atoms with van der Waals surface area (Å²) in [5.41, 5.74) is 14.5. The van der Waals surface area contributed by atoms with Gasteiger partial charge in [0, 0.05) is 27.7 Å². The number of fused-ring (bicyclic) bond motifs is 7. The summed E-state index contributed by atoms with van der Waals surface area (Å²) in [5.74, 6) is 0. The highest BCUT2D eigenvalue weighted by Gasteiger charge is 2.18. The van der Waals surface area contributed by atoms with Gasteiger partial charge in [-0.1, -0.05) is 153 Å². The lowest BCUT2D eigenvalue weighted by molar-refractivity contribution is 1.14. The van der Waals surface area contributed by atoms with Gasteiger partial charge >= 0.3 is 0 Å². The molecule has 9 rings (SSSR count). The van der Waals surface area contributed by atoms with E-state index in [0.717, 1.165) is 45.8 Å². The van der Waals surface area contributed by atoms with Crippen molar-refractivity contribution in [3.8, 4) is 16.8 Å². The molecule has 0 unspecified atom stereocenters. The second-order valence-corrected chi connectivity index (χ2v) is 14.4. The maximum absolute atomic E-state index is 5.32. The van der Waals surface area contributed by atoms with Crippen LogP contribution in [0.15, 0.2) is 188 Å². The van der Waals surface area contributed by atoms with E-state index in [1.54, 1.807) is 0 Å². The van der Waals surface area contributed by atoms with Gasteiger partial charge in [-0.2, -0.15) is 0 Å². The number of rotatable bonds is 8. The van der Waals surface area contributed by atoms with E-state index in [2.05, 4.69) is 202 Å². The van der Waals surface area contributed by atoms with Crippen LogP contribution in [0.3, 0.4) is 0 Å². The zero-order chi connectivity index (χ0) is 37.5. The van der Waals surface area contributed by atoms with Crippen molar-refractivity contribution in [2.45, 2.75) is 27.2 Å². The van der Waals surface area contributed by atoms with Gasteiger partial charge in [0.1, 0.15) is 0 Å². The molecule has 0 N–H and O–H groups in total. The number of aliphatic imine (C=N–C) groups is 1. The Balaban J connectivity index is 1.21. The van der Waals surface area contributed by atoms with Crippen LogP contribution in [0.4, 0.5) is 0 Å². The molecule has 1 heterocycles. The van der Waals surface area contributed by atoms with E-state index in [0.29, 0.717) is 0 Å². The molecule has 0 atom stereocenters. The number of hydrogen-bond donors (Lipinski definition) is 0. The quantitative estimate of drug-likeness (QED) is 0.111. The summed E-state index contributed by atoms with van der Waals surface area (Å²) in [7, 11) is 0. The first-order chi connectivity index (χ1) is 27.0. The number of hydrogen-bond acceptors (Lipinski definition) is 1. The van der Waals surface area contributed by atoms with Gasteiger partial charge in [0.05, 0.1) is 16.7 Å². The van der Waals surface area contributed by atoms with Crippen molar-refractivity contribution < 1.29 is 0 Å². The highest BCUT2D eigenvalue weighted by Crippen LogP contribution is 2.41. The van der Waals surface area contributed by atoms with Crippen LogP contribution in [-0.2, 0) is 6.42 Å². The van der Waals surface area contributed by atoms with E-state index in [1.807, 2.05) is 6.07 Å². The second kappa shape index (κ2) is 14.2. The zero-order valence-corrected chi connectivity index (χ0v) is 31.6. The normalized spacial score (nSPS) is 12.3. The summed E-state index contributed by atoms with van der Waals surface area (Å²) >= 11 is 0. The van der Waals surface area contributed by atoms with Gasteiger partial charge in [-0.15, -0.1) is 0 Å². The average molecular weight is 707 g/mol. The van der Waals surface area contributed by atoms with E-state index >= 15 is 0 Å². The molecular formula is C53H42N2. The molecule has 0 amide bonds. The van der Waals surface area contributed by atoms with E-state index in [1.165, 1.54) is 65.6 Å². The molecule has 2 heteroatoms.